The van der Waals surface area contributed by atoms with Crippen LogP contribution in [0.15, 0.2) is 48.6 Å². The molecular weight excluding hydrogens is 417 g/mol. The van der Waals surface area contributed by atoms with Crippen molar-refractivity contribution in [3.8, 4) is 11.8 Å². The van der Waals surface area contributed by atoms with E-state index >= 15 is 0 Å². The van der Waals surface area contributed by atoms with Crippen LogP contribution in [0, 0.1) is 17.7 Å². The summed E-state index contributed by atoms with van der Waals surface area (Å²) in [5.74, 6) is 4.19. The van der Waals surface area contributed by atoms with Gasteiger partial charge in [0.25, 0.3) is 0 Å². The van der Waals surface area contributed by atoms with Gasteiger partial charge in [-0.25, -0.2) is 14.0 Å². The van der Waals surface area contributed by atoms with Crippen molar-refractivity contribution < 1.29 is 23.8 Å². The zero-order valence-electron chi connectivity index (χ0n) is 17.4. The minimum atomic E-state index is -1.21. The Morgan fingerprint density at radius 2 is 1.94 bits per heavy atom. The van der Waals surface area contributed by atoms with Crippen molar-refractivity contribution in [3.05, 3.63) is 69.7 Å². The van der Waals surface area contributed by atoms with Crippen LogP contribution in [0.5, 0.6) is 0 Å². The van der Waals surface area contributed by atoms with Gasteiger partial charge in [-0.05, 0) is 62.4 Å². The maximum absolute atomic E-state index is 12.9. The molecule has 0 fully saturated rings. The fourth-order valence-corrected chi connectivity index (χ4v) is 3.55. The van der Waals surface area contributed by atoms with E-state index in [1.54, 1.807) is 30.4 Å². The van der Waals surface area contributed by atoms with Gasteiger partial charge in [-0.1, -0.05) is 24.0 Å². The number of nitrogens with two attached hydrogens (primary N) is 1. The summed E-state index contributed by atoms with van der Waals surface area (Å²) in [5, 5.41) is 8.50. The molecule has 2 aromatic rings. The van der Waals surface area contributed by atoms with Gasteiger partial charge >= 0.3 is 11.9 Å². The van der Waals surface area contributed by atoms with E-state index < -0.39 is 17.5 Å². The fourth-order valence-electron chi connectivity index (χ4n) is 2.67. The van der Waals surface area contributed by atoms with E-state index in [-0.39, 0.29) is 12.4 Å². The zero-order valence-corrected chi connectivity index (χ0v) is 18.2. The van der Waals surface area contributed by atoms with Crippen molar-refractivity contribution >= 4 is 23.3 Å². The minimum absolute atomic E-state index is 0.00187. The molecule has 0 saturated heterocycles. The molecule has 0 aliphatic rings. The Hall–Kier alpha value is -2.95. The summed E-state index contributed by atoms with van der Waals surface area (Å²) in [7, 11) is 0. The zero-order chi connectivity index (χ0) is 22.7. The molecule has 164 valence electrons. The molecule has 0 radical (unpaired) electrons. The number of hydrogen-bond acceptors (Lipinski definition) is 5. The molecule has 7 heteroatoms. The summed E-state index contributed by atoms with van der Waals surface area (Å²) in [5.41, 5.74) is 6.57. The largest absolute Gasteiger partial charge is 0.478 e. The van der Waals surface area contributed by atoms with E-state index in [0.717, 1.165) is 53.2 Å². The van der Waals surface area contributed by atoms with E-state index in [1.807, 2.05) is 12.1 Å². The van der Waals surface area contributed by atoms with Crippen LogP contribution in [0.2, 0.25) is 0 Å². The second-order valence-corrected chi connectivity index (χ2v) is 8.65. The van der Waals surface area contributed by atoms with Crippen molar-refractivity contribution in [2.45, 2.75) is 44.6 Å². The van der Waals surface area contributed by atoms with Crippen LogP contribution < -0.4 is 5.73 Å². The SMILES string of the molecule is CC(N)(CCc1ccc(C#CCCCc2ccc(F)cc2)s1)COC(=O)C=CC(=O)O. The van der Waals surface area contributed by atoms with E-state index in [2.05, 4.69) is 11.8 Å². The molecule has 1 aromatic heterocycles. The summed E-state index contributed by atoms with van der Waals surface area (Å²) in [6, 6.07) is 10.5. The summed E-state index contributed by atoms with van der Waals surface area (Å²) >= 11 is 1.61. The monoisotopic (exact) mass is 443 g/mol. The van der Waals surface area contributed by atoms with Crippen molar-refractivity contribution in [2.24, 2.45) is 5.73 Å². The van der Waals surface area contributed by atoms with Crippen molar-refractivity contribution in [2.75, 3.05) is 6.61 Å². The molecule has 1 unspecified atom stereocenters. The third-order valence-corrected chi connectivity index (χ3v) is 5.46. The van der Waals surface area contributed by atoms with Crippen molar-refractivity contribution in [3.63, 3.8) is 0 Å². The van der Waals surface area contributed by atoms with Crippen molar-refractivity contribution in [1.29, 1.82) is 0 Å². The first-order valence-corrected chi connectivity index (χ1v) is 10.7. The number of carboxylic acids is 1. The molecule has 1 aromatic carbocycles. The maximum Gasteiger partial charge on any atom is 0.331 e. The van der Waals surface area contributed by atoms with Crippen LogP contribution in [0.1, 0.15) is 41.5 Å². The second kappa shape index (κ2) is 12.0. The first kappa shape index (κ1) is 24.3. The highest BCUT2D eigenvalue weighted by molar-refractivity contribution is 7.12. The number of benzene rings is 1. The predicted octanol–water partition coefficient (Wildman–Crippen LogP) is 4.10. The number of ether oxygens (including phenoxy) is 1. The van der Waals surface area contributed by atoms with Gasteiger partial charge in [0, 0.05) is 29.0 Å². The second-order valence-electron chi connectivity index (χ2n) is 7.48. The lowest BCUT2D eigenvalue weighted by atomic mass is 9.98. The normalized spacial score (nSPS) is 12.7. The molecular formula is C24H26FNO4S. The highest BCUT2D eigenvalue weighted by Gasteiger charge is 2.20. The molecule has 1 heterocycles. The first-order chi connectivity index (χ1) is 14.7. The molecule has 0 spiro atoms. The number of halogens is 1. The van der Waals surface area contributed by atoms with Gasteiger partial charge in [-0.15, -0.1) is 11.3 Å². The average molecular weight is 444 g/mol. The number of esters is 1. The molecule has 1 atom stereocenters. The molecule has 5 nitrogen and oxygen atoms in total. The lowest BCUT2D eigenvalue weighted by Crippen LogP contribution is -2.42. The van der Waals surface area contributed by atoms with Gasteiger partial charge in [-0.3, -0.25) is 0 Å². The highest BCUT2D eigenvalue weighted by atomic mass is 32.1. The molecule has 0 amide bonds. The van der Waals surface area contributed by atoms with Crippen LogP contribution in [0.4, 0.5) is 4.39 Å². The summed E-state index contributed by atoms with van der Waals surface area (Å²) < 4.78 is 17.9. The number of rotatable bonds is 10. The number of aliphatic carboxylic acids is 1. The van der Waals surface area contributed by atoms with Gasteiger partial charge in [-0.2, -0.15) is 0 Å². The third-order valence-electron chi connectivity index (χ3n) is 4.40. The minimum Gasteiger partial charge on any atom is -0.478 e. The highest BCUT2D eigenvalue weighted by Crippen LogP contribution is 2.20. The van der Waals surface area contributed by atoms with E-state index in [0.29, 0.717) is 6.42 Å². The van der Waals surface area contributed by atoms with Gasteiger partial charge in [0.15, 0.2) is 0 Å². The van der Waals surface area contributed by atoms with Crippen LogP contribution in [0.3, 0.4) is 0 Å². The summed E-state index contributed by atoms with van der Waals surface area (Å²) in [6.45, 7) is 1.79. The Bertz CT molecular complexity index is 967. The lowest BCUT2D eigenvalue weighted by molar-refractivity contribution is -0.140. The number of aryl methyl sites for hydroxylation is 2. The van der Waals surface area contributed by atoms with Gasteiger partial charge in [0.05, 0.1) is 4.88 Å². The first-order valence-electron chi connectivity index (χ1n) is 9.92. The third kappa shape index (κ3) is 10.1. The van der Waals surface area contributed by atoms with Crippen LogP contribution in [-0.4, -0.2) is 29.2 Å². The van der Waals surface area contributed by atoms with Gasteiger partial charge in [0.1, 0.15) is 12.4 Å². The Balaban J connectivity index is 1.72. The van der Waals surface area contributed by atoms with Crippen LogP contribution >= 0.6 is 11.3 Å². The molecule has 0 saturated carbocycles. The van der Waals surface area contributed by atoms with Crippen molar-refractivity contribution in [1.82, 2.24) is 0 Å². The Morgan fingerprint density at radius 3 is 2.65 bits per heavy atom. The number of unbranched alkanes of at least 4 members (excludes halogenated alkanes) is 1. The van der Waals surface area contributed by atoms with Gasteiger partial charge < -0.3 is 15.6 Å². The van der Waals surface area contributed by atoms with E-state index in [1.165, 1.54) is 12.1 Å². The predicted molar refractivity (Wildman–Crippen MR) is 119 cm³/mol. The Morgan fingerprint density at radius 1 is 1.19 bits per heavy atom. The standard InChI is InChI=1S/C24H26FNO4S/c1-24(26,17-30-23(29)14-13-22(27)28)16-15-21-12-11-20(31-21)6-4-2-3-5-18-7-9-19(25)10-8-18/h7-14H,2-3,5,15-17,26H2,1H3,(H,27,28). The van der Waals surface area contributed by atoms with Crippen LogP contribution in [-0.2, 0) is 27.2 Å². The Labute approximate surface area is 185 Å². The smallest absolute Gasteiger partial charge is 0.331 e. The summed E-state index contributed by atoms with van der Waals surface area (Å²) in [4.78, 5) is 24.0. The van der Waals surface area contributed by atoms with Crippen LogP contribution in [0.25, 0.3) is 0 Å². The maximum atomic E-state index is 12.9. The number of carbonyl (C=O) groups excluding carboxylic acids is 1. The molecule has 2 rings (SSSR count). The number of carbonyl (C=O) groups is 2. The molecule has 0 bridgehead atoms. The van der Waals surface area contributed by atoms with E-state index in [4.69, 9.17) is 15.6 Å². The average Bonchev–Trinajstić information content (AvgIpc) is 3.18. The Kier molecular flexibility index (Phi) is 9.44. The lowest BCUT2D eigenvalue weighted by Gasteiger charge is -2.23. The van der Waals surface area contributed by atoms with Gasteiger partial charge in [0.2, 0.25) is 0 Å². The number of hydrogen-bond donors (Lipinski definition) is 2. The summed E-state index contributed by atoms with van der Waals surface area (Å²) in [6.07, 6.45) is 5.49. The topological polar surface area (TPSA) is 89.6 Å². The van der Waals surface area contributed by atoms with E-state index in [9.17, 15) is 14.0 Å². The number of thiophene rings is 1. The molecule has 0 aliphatic carbocycles. The quantitative estimate of drug-likeness (QED) is 0.250. The molecule has 3 N–H and O–H groups in total. The fraction of sp³-hybridized carbons (Fsp3) is 0.333. The molecule has 31 heavy (non-hydrogen) atoms. The molecule has 0 aliphatic heterocycles. The number of carboxylic acid groups (broad SMARTS) is 1.